The van der Waals surface area contributed by atoms with Crippen LogP contribution in [0.15, 0.2) is 18.2 Å². The van der Waals surface area contributed by atoms with Gasteiger partial charge in [0.2, 0.25) is 0 Å². The Balaban J connectivity index is 2.54. The molecule has 0 amide bonds. The van der Waals surface area contributed by atoms with Crippen molar-refractivity contribution in [2.24, 2.45) is 12.8 Å². The minimum Gasteiger partial charge on any atom is -0.508 e. The number of rotatable bonds is 3. The monoisotopic (exact) mass is 245 g/mol. The molecule has 2 rings (SSSR count). The second-order valence-electron chi connectivity index (χ2n) is 4.56. The highest BCUT2D eigenvalue weighted by Crippen LogP contribution is 2.29. The zero-order valence-corrected chi connectivity index (χ0v) is 11.1. The van der Waals surface area contributed by atoms with Crippen LogP contribution in [0.2, 0.25) is 0 Å². The van der Waals surface area contributed by atoms with Gasteiger partial charge in [-0.05, 0) is 56.1 Å². The van der Waals surface area contributed by atoms with Crippen molar-refractivity contribution < 1.29 is 5.11 Å². The van der Waals surface area contributed by atoms with E-state index in [0.29, 0.717) is 18.7 Å². The molecule has 1 aromatic heterocycles. The van der Waals surface area contributed by atoms with E-state index in [-0.39, 0.29) is 0 Å². The molecule has 0 aliphatic heterocycles. The maximum atomic E-state index is 9.78. The van der Waals surface area contributed by atoms with E-state index < -0.39 is 0 Å². The molecule has 0 saturated heterocycles. The fraction of sp³-hybridized carbons (Fsp3) is 0.357. The normalized spacial score (nSPS) is 10.9. The zero-order valence-electron chi connectivity index (χ0n) is 11.1. The van der Waals surface area contributed by atoms with Crippen molar-refractivity contribution >= 4 is 0 Å². The molecular weight excluding hydrogens is 226 g/mol. The van der Waals surface area contributed by atoms with Gasteiger partial charge in [-0.15, -0.1) is 0 Å². The molecule has 3 N–H and O–H groups in total. The predicted octanol–water partition coefficient (Wildman–Crippen LogP) is 1.91. The van der Waals surface area contributed by atoms with E-state index in [4.69, 9.17) is 5.73 Å². The Morgan fingerprint density at radius 2 is 2.06 bits per heavy atom. The number of aryl methyl sites for hydroxylation is 2. The first-order valence-corrected chi connectivity index (χ1v) is 6.07. The summed E-state index contributed by atoms with van der Waals surface area (Å²) in [7, 11) is 1.94. The summed E-state index contributed by atoms with van der Waals surface area (Å²) >= 11 is 0. The maximum absolute atomic E-state index is 9.78. The van der Waals surface area contributed by atoms with Gasteiger partial charge in [-0.1, -0.05) is 0 Å². The first-order chi connectivity index (χ1) is 8.54. The molecule has 0 unspecified atom stereocenters. The van der Waals surface area contributed by atoms with E-state index in [2.05, 4.69) is 12.0 Å². The van der Waals surface area contributed by atoms with Gasteiger partial charge >= 0.3 is 0 Å². The topological polar surface area (TPSA) is 64.1 Å². The molecule has 0 atom stereocenters. The van der Waals surface area contributed by atoms with Crippen molar-refractivity contribution in [1.29, 1.82) is 0 Å². The standard InChI is InChI=1S/C14H19N3O/c1-9-10(2)16-17(3)14(9)12-4-5-13(18)11(8-12)6-7-15/h4-5,8,18H,6-7,15H2,1-3H3. The van der Waals surface area contributed by atoms with Crippen LogP contribution in [-0.4, -0.2) is 21.4 Å². The number of benzene rings is 1. The van der Waals surface area contributed by atoms with Crippen molar-refractivity contribution in [3.05, 3.63) is 35.0 Å². The van der Waals surface area contributed by atoms with Crippen LogP contribution in [0.3, 0.4) is 0 Å². The van der Waals surface area contributed by atoms with Crippen LogP contribution in [0.5, 0.6) is 5.75 Å². The number of phenolic OH excluding ortho intramolecular Hbond substituents is 1. The second kappa shape index (κ2) is 4.82. The molecule has 2 aromatic rings. The SMILES string of the molecule is Cc1nn(C)c(-c2ccc(O)c(CCN)c2)c1C. The van der Waals surface area contributed by atoms with Gasteiger partial charge in [0.25, 0.3) is 0 Å². The lowest BCUT2D eigenvalue weighted by atomic mass is 10.0. The molecule has 0 aliphatic rings. The van der Waals surface area contributed by atoms with E-state index in [1.165, 1.54) is 5.56 Å². The van der Waals surface area contributed by atoms with Crippen LogP contribution in [-0.2, 0) is 13.5 Å². The first kappa shape index (κ1) is 12.6. The number of hydrogen-bond donors (Lipinski definition) is 2. The lowest BCUT2D eigenvalue weighted by Crippen LogP contribution is -2.03. The highest BCUT2D eigenvalue weighted by Gasteiger charge is 2.12. The highest BCUT2D eigenvalue weighted by atomic mass is 16.3. The van der Waals surface area contributed by atoms with Gasteiger partial charge in [0, 0.05) is 12.6 Å². The molecule has 18 heavy (non-hydrogen) atoms. The van der Waals surface area contributed by atoms with E-state index in [1.807, 2.05) is 30.8 Å². The fourth-order valence-electron chi connectivity index (χ4n) is 2.26. The van der Waals surface area contributed by atoms with E-state index >= 15 is 0 Å². The molecule has 1 heterocycles. The smallest absolute Gasteiger partial charge is 0.118 e. The average molecular weight is 245 g/mol. The summed E-state index contributed by atoms with van der Waals surface area (Å²) in [5.41, 5.74) is 10.8. The van der Waals surface area contributed by atoms with Gasteiger partial charge < -0.3 is 10.8 Å². The molecule has 0 spiro atoms. The third kappa shape index (κ3) is 2.11. The quantitative estimate of drug-likeness (QED) is 0.868. The highest BCUT2D eigenvalue weighted by molar-refractivity contribution is 5.66. The van der Waals surface area contributed by atoms with Gasteiger partial charge in [0.05, 0.1) is 11.4 Å². The Morgan fingerprint density at radius 3 is 2.61 bits per heavy atom. The van der Waals surface area contributed by atoms with Crippen LogP contribution in [0.4, 0.5) is 0 Å². The number of nitrogens with zero attached hydrogens (tertiary/aromatic N) is 2. The average Bonchev–Trinajstić information content (AvgIpc) is 2.57. The van der Waals surface area contributed by atoms with Gasteiger partial charge in [0.1, 0.15) is 5.75 Å². The summed E-state index contributed by atoms with van der Waals surface area (Å²) in [5, 5.41) is 14.2. The largest absolute Gasteiger partial charge is 0.508 e. The van der Waals surface area contributed by atoms with Crippen LogP contribution < -0.4 is 5.73 Å². The molecule has 4 heteroatoms. The van der Waals surface area contributed by atoms with Crippen molar-refractivity contribution in [3.8, 4) is 17.0 Å². The molecular formula is C14H19N3O. The van der Waals surface area contributed by atoms with Crippen molar-refractivity contribution in [1.82, 2.24) is 9.78 Å². The minimum absolute atomic E-state index is 0.306. The summed E-state index contributed by atoms with van der Waals surface area (Å²) in [4.78, 5) is 0. The van der Waals surface area contributed by atoms with E-state index in [1.54, 1.807) is 6.07 Å². The molecule has 1 aromatic carbocycles. The molecule has 0 aliphatic carbocycles. The van der Waals surface area contributed by atoms with Gasteiger partial charge in [-0.25, -0.2) is 0 Å². The van der Waals surface area contributed by atoms with Crippen LogP contribution >= 0.6 is 0 Å². The Kier molecular flexibility index (Phi) is 3.39. The Bertz CT molecular complexity index is 573. The van der Waals surface area contributed by atoms with Crippen molar-refractivity contribution in [2.75, 3.05) is 6.54 Å². The summed E-state index contributed by atoms with van der Waals surface area (Å²) in [6.07, 6.45) is 0.676. The Labute approximate surface area is 107 Å². The predicted molar refractivity (Wildman–Crippen MR) is 72.5 cm³/mol. The summed E-state index contributed by atoms with van der Waals surface area (Å²) in [6.45, 7) is 4.59. The summed E-state index contributed by atoms with van der Waals surface area (Å²) < 4.78 is 1.88. The fourth-order valence-corrected chi connectivity index (χ4v) is 2.26. The van der Waals surface area contributed by atoms with Crippen LogP contribution in [0.25, 0.3) is 11.3 Å². The third-order valence-corrected chi connectivity index (χ3v) is 3.29. The van der Waals surface area contributed by atoms with Gasteiger partial charge in [0.15, 0.2) is 0 Å². The van der Waals surface area contributed by atoms with Gasteiger partial charge in [-0.3, -0.25) is 4.68 Å². The van der Waals surface area contributed by atoms with Crippen LogP contribution in [0.1, 0.15) is 16.8 Å². The van der Waals surface area contributed by atoms with E-state index in [9.17, 15) is 5.11 Å². The zero-order chi connectivity index (χ0) is 13.3. The Hall–Kier alpha value is -1.81. The molecule has 0 radical (unpaired) electrons. The van der Waals surface area contributed by atoms with Crippen LogP contribution in [0, 0.1) is 13.8 Å². The molecule has 4 nitrogen and oxygen atoms in total. The molecule has 0 fully saturated rings. The Morgan fingerprint density at radius 1 is 1.33 bits per heavy atom. The van der Waals surface area contributed by atoms with Gasteiger partial charge in [-0.2, -0.15) is 5.10 Å². The molecule has 0 bridgehead atoms. The number of aromatic hydroxyl groups is 1. The third-order valence-electron chi connectivity index (χ3n) is 3.29. The van der Waals surface area contributed by atoms with Crippen molar-refractivity contribution in [2.45, 2.75) is 20.3 Å². The number of nitrogens with two attached hydrogens (primary N) is 1. The summed E-state index contributed by atoms with van der Waals surface area (Å²) in [6, 6.07) is 5.63. The van der Waals surface area contributed by atoms with E-state index in [0.717, 1.165) is 22.5 Å². The number of aromatic nitrogens is 2. The summed E-state index contributed by atoms with van der Waals surface area (Å²) in [5.74, 6) is 0.306. The lowest BCUT2D eigenvalue weighted by molar-refractivity contribution is 0.468. The van der Waals surface area contributed by atoms with Crippen molar-refractivity contribution in [3.63, 3.8) is 0 Å². The molecule has 0 saturated carbocycles. The molecule has 96 valence electrons. The first-order valence-electron chi connectivity index (χ1n) is 6.07. The second-order valence-corrected chi connectivity index (χ2v) is 4.56. The minimum atomic E-state index is 0.306. The lowest BCUT2D eigenvalue weighted by Gasteiger charge is -2.08. The number of hydrogen-bond acceptors (Lipinski definition) is 3. The maximum Gasteiger partial charge on any atom is 0.118 e. The number of phenols is 1.